The van der Waals surface area contributed by atoms with Crippen molar-refractivity contribution >= 4 is 16.7 Å². The maximum atomic E-state index is 5.07. The van der Waals surface area contributed by atoms with Crippen LogP contribution in [-0.4, -0.2) is 73.2 Å². The van der Waals surface area contributed by atoms with Crippen LogP contribution in [0.2, 0.25) is 0 Å². The fraction of sp³-hybridized carbons (Fsp3) is 0.625. The number of piperidine rings is 1. The summed E-state index contributed by atoms with van der Waals surface area (Å²) in [6.07, 6.45) is 3.91. The number of para-hydroxylation sites is 1. The topological polar surface area (TPSA) is 34.6 Å². The second-order valence-corrected chi connectivity index (χ2v) is 8.66. The van der Waals surface area contributed by atoms with Crippen molar-refractivity contribution in [1.82, 2.24) is 20.1 Å². The lowest BCUT2D eigenvalue weighted by Crippen LogP contribution is -2.51. The average molecular weight is 396 g/mol. The van der Waals surface area contributed by atoms with Crippen molar-refractivity contribution in [3.63, 3.8) is 0 Å². The highest BCUT2D eigenvalue weighted by molar-refractivity contribution is 5.81. The number of likely N-dealkylation sites (N-methyl/N-ethyl adjacent to an activating group) is 1. The second kappa shape index (κ2) is 9.88. The molecule has 158 valence electrons. The van der Waals surface area contributed by atoms with E-state index >= 15 is 0 Å². The van der Waals surface area contributed by atoms with Crippen LogP contribution < -0.4 is 10.2 Å². The van der Waals surface area contributed by atoms with Gasteiger partial charge in [0.2, 0.25) is 0 Å². The highest BCUT2D eigenvalue weighted by Crippen LogP contribution is 2.26. The van der Waals surface area contributed by atoms with E-state index in [-0.39, 0.29) is 0 Å². The number of fused-ring (bicyclic) bond motifs is 1. The van der Waals surface area contributed by atoms with Gasteiger partial charge in [0.1, 0.15) is 5.82 Å². The van der Waals surface area contributed by atoms with Gasteiger partial charge in [-0.2, -0.15) is 0 Å². The molecule has 1 aromatic heterocycles. The van der Waals surface area contributed by atoms with E-state index in [1.54, 1.807) is 0 Å². The minimum Gasteiger partial charge on any atom is -0.356 e. The molecule has 1 unspecified atom stereocenters. The molecule has 29 heavy (non-hydrogen) atoms. The first-order valence-electron chi connectivity index (χ1n) is 11.6. The first-order valence-corrected chi connectivity index (χ1v) is 11.6. The number of piperazine rings is 1. The van der Waals surface area contributed by atoms with Gasteiger partial charge in [-0.05, 0) is 44.9 Å². The predicted octanol–water partition coefficient (Wildman–Crippen LogP) is 3.34. The first kappa shape index (κ1) is 20.6. The van der Waals surface area contributed by atoms with E-state index < -0.39 is 0 Å². The van der Waals surface area contributed by atoms with Crippen LogP contribution in [0.5, 0.6) is 0 Å². The van der Waals surface area contributed by atoms with Crippen LogP contribution in [0.15, 0.2) is 30.3 Å². The Morgan fingerprint density at radius 1 is 1.00 bits per heavy atom. The van der Waals surface area contributed by atoms with Gasteiger partial charge in [-0.25, -0.2) is 4.98 Å². The lowest BCUT2D eigenvalue weighted by molar-refractivity contribution is 0.105. The third-order valence-electron chi connectivity index (χ3n) is 6.67. The Balaban J connectivity index is 1.41. The number of pyridine rings is 1. The maximum Gasteiger partial charge on any atom is 0.133 e. The summed E-state index contributed by atoms with van der Waals surface area (Å²) in [5.74, 6) is 1.19. The quantitative estimate of drug-likeness (QED) is 0.778. The summed E-state index contributed by atoms with van der Waals surface area (Å²) >= 11 is 0. The largest absolute Gasteiger partial charge is 0.356 e. The molecule has 1 aromatic carbocycles. The monoisotopic (exact) mass is 395 g/mol. The summed E-state index contributed by atoms with van der Waals surface area (Å²) in [6.45, 7) is 14.8. The highest BCUT2D eigenvalue weighted by atomic mass is 15.3. The Bertz CT molecular complexity index is 778. The number of rotatable bonds is 7. The molecule has 2 aliphatic rings. The Kier molecular flexibility index (Phi) is 7.01. The van der Waals surface area contributed by atoms with E-state index in [2.05, 4.69) is 64.2 Å². The fourth-order valence-corrected chi connectivity index (χ4v) is 4.72. The summed E-state index contributed by atoms with van der Waals surface area (Å²) in [5.41, 5.74) is 2.45. The zero-order chi connectivity index (χ0) is 20.1. The van der Waals surface area contributed by atoms with Gasteiger partial charge < -0.3 is 15.1 Å². The average Bonchev–Trinajstić information content (AvgIpc) is 2.79. The van der Waals surface area contributed by atoms with E-state index in [9.17, 15) is 0 Å². The molecule has 2 saturated heterocycles. The van der Waals surface area contributed by atoms with E-state index in [0.29, 0.717) is 6.04 Å². The SMILES string of the molecule is CCN1CCN(C(C)CNCc2cc3ccccc3nc2N2CCCCC2)CC1. The second-order valence-electron chi connectivity index (χ2n) is 8.66. The minimum atomic E-state index is 0.570. The number of anilines is 1. The van der Waals surface area contributed by atoms with Gasteiger partial charge in [0.05, 0.1) is 5.52 Å². The Hall–Kier alpha value is -1.69. The third-order valence-corrected chi connectivity index (χ3v) is 6.67. The van der Waals surface area contributed by atoms with Crippen molar-refractivity contribution in [2.24, 2.45) is 0 Å². The molecule has 3 heterocycles. The van der Waals surface area contributed by atoms with E-state index in [1.165, 1.54) is 68.8 Å². The fourth-order valence-electron chi connectivity index (χ4n) is 4.72. The third kappa shape index (κ3) is 5.08. The van der Waals surface area contributed by atoms with Gasteiger partial charge >= 0.3 is 0 Å². The maximum absolute atomic E-state index is 5.07. The molecule has 0 bridgehead atoms. The van der Waals surface area contributed by atoms with Gasteiger partial charge in [0, 0.05) is 69.3 Å². The molecule has 2 aliphatic heterocycles. The Morgan fingerprint density at radius 2 is 1.76 bits per heavy atom. The molecule has 5 heteroatoms. The van der Waals surface area contributed by atoms with Gasteiger partial charge in [-0.1, -0.05) is 25.1 Å². The highest BCUT2D eigenvalue weighted by Gasteiger charge is 2.21. The summed E-state index contributed by atoms with van der Waals surface area (Å²) in [6, 6.07) is 11.4. The van der Waals surface area contributed by atoms with Crippen LogP contribution in [0.3, 0.4) is 0 Å². The van der Waals surface area contributed by atoms with Crippen LogP contribution in [-0.2, 0) is 6.54 Å². The molecule has 0 spiro atoms. The molecule has 0 radical (unpaired) electrons. The minimum absolute atomic E-state index is 0.570. The molecular formula is C24H37N5. The molecule has 0 amide bonds. The number of nitrogens with zero attached hydrogens (tertiary/aromatic N) is 4. The zero-order valence-corrected chi connectivity index (χ0v) is 18.2. The molecule has 5 nitrogen and oxygen atoms in total. The Morgan fingerprint density at radius 3 is 2.52 bits per heavy atom. The number of hydrogen-bond acceptors (Lipinski definition) is 5. The van der Waals surface area contributed by atoms with Crippen LogP contribution in [0, 0.1) is 0 Å². The van der Waals surface area contributed by atoms with Gasteiger partial charge in [0.25, 0.3) is 0 Å². The van der Waals surface area contributed by atoms with Crippen molar-refractivity contribution < 1.29 is 0 Å². The van der Waals surface area contributed by atoms with Crippen molar-refractivity contribution in [1.29, 1.82) is 0 Å². The smallest absolute Gasteiger partial charge is 0.133 e. The number of benzene rings is 1. The molecule has 2 fully saturated rings. The molecule has 0 saturated carbocycles. The van der Waals surface area contributed by atoms with Gasteiger partial charge in [-0.3, -0.25) is 4.90 Å². The van der Waals surface area contributed by atoms with Gasteiger partial charge in [0.15, 0.2) is 0 Å². The zero-order valence-electron chi connectivity index (χ0n) is 18.2. The number of hydrogen-bond donors (Lipinski definition) is 1. The van der Waals surface area contributed by atoms with Crippen LogP contribution in [0.1, 0.15) is 38.7 Å². The first-order chi connectivity index (χ1) is 14.2. The predicted molar refractivity (Wildman–Crippen MR) is 123 cm³/mol. The molecular weight excluding hydrogens is 358 g/mol. The van der Waals surface area contributed by atoms with Crippen molar-refractivity contribution in [3.8, 4) is 0 Å². The number of nitrogens with one attached hydrogen (secondary N) is 1. The summed E-state index contributed by atoms with van der Waals surface area (Å²) in [4.78, 5) is 12.7. The summed E-state index contributed by atoms with van der Waals surface area (Å²) in [5, 5.41) is 4.99. The standard InChI is InChI=1S/C24H37N5/c1-3-27-13-15-28(16-14-27)20(2)18-25-19-22-17-21-9-5-6-10-23(21)26-24(22)29-11-7-4-8-12-29/h5-6,9-10,17,20,25H,3-4,7-8,11-16,18-19H2,1-2H3. The number of aromatic nitrogens is 1. The molecule has 4 rings (SSSR count). The van der Waals surface area contributed by atoms with Gasteiger partial charge in [-0.15, -0.1) is 0 Å². The van der Waals surface area contributed by atoms with E-state index in [0.717, 1.165) is 31.7 Å². The van der Waals surface area contributed by atoms with Crippen LogP contribution >= 0.6 is 0 Å². The van der Waals surface area contributed by atoms with E-state index in [4.69, 9.17) is 4.98 Å². The van der Waals surface area contributed by atoms with Crippen molar-refractivity contribution in [2.75, 3.05) is 57.3 Å². The van der Waals surface area contributed by atoms with Crippen LogP contribution in [0.25, 0.3) is 10.9 Å². The van der Waals surface area contributed by atoms with E-state index in [1.807, 2.05) is 0 Å². The molecule has 1 N–H and O–H groups in total. The lowest BCUT2D eigenvalue weighted by atomic mass is 10.1. The Labute approximate surface area is 176 Å². The van der Waals surface area contributed by atoms with Crippen molar-refractivity contribution in [3.05, 3.63) is 35.9 Å². The van der Waals surface area contributed by atoms with Crippen molar-refractivity contribution in [2.45, 2.75) is 45.7 Å². The molecule has 0 aliphatic carbocycles. The van der Waals surface area contributed by atoms with Crippen LogP contribution in [0.4, 0.5) is 5.82 Å². The molecule has 2 aromatic rings. The molecule has 1 atom stereocenters. The normalized spacial score (nSPS) is 20.3. The lowest BCUT2D eigenvalue weighted by Gasteiger charge is -2.37. The summed E-state index contributed by atoms with van der Waals surface area (Å²) < 4.78 is 0. The summed E-state index contributed by atoms with van der Waals surface area (Å²) in [7, 11) is 0.